The van der Waals surface area contributed by atoms with Crippen molar-refractivity contribution in [1.29, 1.82) is 0 Å². The summed E-state index contributed by atoms with van der Waals surface area (Å²) in [5.74, 6) is 1.47. The van der Waals surface area contributed by atoms with Crippen molar-refractivity contribution < 1.29 is 9.53 Å². The van der Waals surface area contributed by atoms with E-state index in [1.807, 2.05) is 36.2 Å². The Kier molecular flexibility index (Phi) is 4.91. The Morgan fingerprint density at radius 2 is 1.96 bits per heavy atom. The molecule has 0 fully saturated rings. The molecule has 23 heavy (non-hydrogen) atoms. The second kappa shape index (κ2) is 7.09. The van der Waals surface area contributed by atoms with E-state index in [1.54, 1.807) is 18.9 Å². The molecular formula is C19H21NO2S. The number of hydrogen-bond donors (Lipinski definition) is 0. The second-order valence-electron chi connectivity index (χ2n) is 5.72. The quantitative estimate of drug-likeness (QED) is 0.779. The van der Waals surface area contributed by atoms with Crippen LogP contribution in [-0.4, -0.2) is 30.7 Å². The molecule has 0 spiro atoms. The lowest BCUT2D eigenvalue weighted by Crippen LogP contribution is -2.31. The number of nitrogens with zero attached hydrogens (tertiary/aromatic N) is 1. The first-order chi connectivity index (χ1) is 11.2. The van der Waals surface area contributed by atoms with Gasteiger partial charge in [-0.15, -0.1) is 11.8 Å². The summed E-state index contributed by atoms with van der Waals surface area (Å²) in [5.41, 5.74) is 2.68. The molecule has 1 atom stereocenters. The molecule has 0 heterocycles. The van der Waals surface area contributed by atoms with Crippen LogP contribution in [-0.2, 0) is 11.2 Å². The molecule has 0 radical (unpaired) electrons. The minimum absolute atomic E-state index is 0.174. The van der Waals surface area contributed by atoms with Gasteiger partial charge in [0.25, 0.3) is 0 Å². The largest absolute Gasteiger partial charge is 0.497 e. The summed E-state index contributed by atoms with van der Waals surface area (Å²) < 4.78 is 5.15. The van der Waals surface area contributed by atoms with E-state index >= 15 is 0 Å². The summed E-state index contributed by atoms with van der Waals surface area (Å²) in [5, 5.41) is 0. The number of aryl methyl sites for hydroxylation is 1. The Bertz CT molecular complexity index is 684. The molecule has 4 heteroatoms. The number of carbonyl (C=O) groups is 1. The first-order valence-corrected chi connectivity index (χ1v) is 8.78. The number of fused-ring (bicyclic) bond motifs is 1. The summed E-state index contributed by atoms with van der Waals surface area (Å²) in [6.07, 6.45) is 2.08. The summed E-state index contributed by atoms with van der Waals surface area (Å²) in [7, 11) is 3.57. The molecule has 2 aromatic carbocycles. The van der Waals surface area contributed by atoms with E-state index in [1.165, 1.54) is 11.1 Å². The summed E-state index contributed by atoms with van der Waals surface area (Å²) in [4.78, 5) is 15.5. The minimum atomic E-state index is 0.174. The molecule has 0 aliphatic heterocycles. The minimum Gasteiger partial charge on any atom is -0.497 e. The first kappa shape index (κ1) is 15.9. The lowest BCUT2D eigenvalue weighted by molar-refractivity contribution is -0.129. The molecule has 3 rings (SSSR count). The van der Waals surface area contributed by atoms with Crippen molar-refractivity contribution in [2.24, 2.45) is 0 Å². The van der Waals surface area contributed by atoms with Gasteiger partial charge in [-0.1, -0.05) is 24.3 Å². The molecular weight excluding hydrogens is 306 g/mol. The van der Waals surface area contributed by atoms with Crippen molar-refractivity contribution in [2.75, 3.05) is 19.9 Å². The maximum Gasteiger partial charge on any atom is 0.233 e. The van der Waals surface area contributed by atoms with Crippen LogP contribution < -0.4 is 4.74 Å². The SMILES string of the molecule is COc1ccc(SCC(=O)N(C)C2CCc3ccccc32)cc1. The standard InChI is InChI=1S/C19H21NO2S/c1-20(18-12-7-14-5-3-4-6-17(14)18)19(21)13-23-16-10-8-15(22-2)9-11-16/h3-6,8-11,18H,7,12-13H2,1-2H3. The third-order valence-electron chi connectivity index (χ3n) is 4.38. The molecule has 0 saturated heterocycles. The highest BCUT2D eigenvalue weighted by molar-refractivity contribution is 8.00. The van der Waals surface area contributed by atoms with Gasteiger partial charge >= 0.3 is 0 Å². The molecule has 0 aromatic heterocycles. The van der Waals surface area contributed by atoms with E-state index in [2.05, 4.69) is 24.3 Å². The number of methoxy groups -OCH3 is 1. The second-order valence-corrected chi connectivity index (χ2v) is 6.77. The number of ether oxygens (including phenoxy) is 1. The number of rotatable bonds is 5. The van der Waals surface area contributed by atoms with Crippen molar-refractivity contribution in [3.8, 4) is 5.75 Å². The zero-order valence-electron chi connectivity index (χ0n) is 13.5. The highest BCUT2D eigenvalue weighted by Gasteiger charge is 2.28. The fraction of sp³-hybridized carbons (Fsp3) is 0.316. The van der Waals surface area contributed by atoms with Gasteiger partial charge in [-0.25, -0.2) is 0 Å². The average Bonchev–Trinajstić information content (AvgIpc) is 3.03. The predicted molar refractivity (Wildman–Crippen MR) is 94.0 cm³/mol. The Balaban J connectivity index is 1.60. The van der Waals surface area contributed by atoms with Gasteiger partial charge in [0.05, 0.1) is 18.9 Å². The normalized spacial score (nSPS) is 16.0. The lowest BCUT2D eigenvalue weighted by atomic mass is 10.1. The van der Waals surface area contributed by atoms with Gasteiger partial charge in [0.1, 0.15) is 5.75 Å². The molecule has 1 aliphatic rings. The third-order valence-corrected chi connectivity index (χ3v) is 5.38. The Hall–Kier alpha value is -1.94. The maximum atomic E-state index is 12.5. The highest BCUT2D eigenvalue weighted by Crippen LogP contribution is 2.35. The number of hydrogen-bond acceptors (Lipinski definition) is 3. The molecule has 1 aliphatic carbocycles. The van der Waals surface area contributed by atoms with Crippen molar-refractivity contribution in [3.63, 3.8) is 0 Å². The van der Waals surface area contributed by atoms with Crippen LogP contribution in [0.4, 0.5) is 0 Å². The molecule has 0 N–H and O–H groups in total. The van der Waals surface area contributed by atoms with Gasteiger partial charge in [0, 0.05) is 11.9 Å². The lowest BCUT2D eigenvalue weighted by Gasteiger charge is -2.25. The van der Waals surface area contributed by atoms with Crippen LogP contribution >= 0.6 is 11.8 Å². The van der Waals surface area contributed by atoms with E-state index in [9.17, 15) is 4.79 Å². The molecule has 1 unspecified atom stereocenters. The monoisotopic (exact) mass is 327 g/mol. The third kappa shape index (κ3) is 3.53. The number of benzene rings is 2. The number of amides is 1. The highest BCUT2D eigenvalue weighted by atomic mass is 32.2. The molecule has 0 bridgehead atoms. The molecule has 3 nitrogen and oxygen atoms in total. The van der Waals surface area contributed by atoms with Crippen LogP contribution in [0.2, 0.25) is 0 Å². The van der Waals surface area contributed by atoms with Gasteiger partial charge in [0.2, 0.25) is 5.91 Å². The fourth-order valence-electron chi connectivity index (χ4n) is 3.03. The van der Waals surface area contributed by atoms with E-state index in [4.69, 9.17) is 4.74 Å². The fourth-order valence-corrected chi connectivity index (χ4v) is 3.85. The van der Waals surface area contributed by atoms with Gasteiger partial charge in [-0.2, -0.15) is 0 Å². The van der Waals surface area contributed by atoms with Crippen LogP contribution in [0.15, 0.2) is 53.4 Å². The van der Waals surface area contributed by atoms with E-state index in [0.717, 1.165) is 23.5 Å². The van der Waals surface area contributed by atoms with Gasteiger partial charge in [-0.3, -0.25) is 4.79 Å². The molecule has 1 amide bonds. The van der Waals surface area contributed by atoms with Crippen LogP contribution in [0.1, 0.15) is 23.6 Å². The smallest absolute Gasteiger partial charge is 0.233 e. The van der Waals surface area contributed by atoms with Gasteiger partial charge in [0.15, 0.2) is 0 Å². The van der Waals surface area contributed by atoms with Crippen molar-refractivity contribution >= 4 is 17.7 Å². The number of thioether (sulfide) groups is 1. The van der Waals surface area contributed by atoms with E-state index in [-0.39, 0.29) is 11.9 Å². The maximum absolute atomic E-state index is 12.5. The van der Waals surface area contributed by atoms with Crippen LogP contribution in [0.3, 0.4) is 0 Å². The van der Waals surface area contributed by atoms with E-state index < -0.39 is 0 Å². The average molecular weight is 327 g/mol. The Morgan fingerprint density at radius 1 is 1.22 bits per heavy atom. The Morgan fingerprint density at radius 3 is 2.70 bits per heavy atom. The van der Waals surface area contributed by atoms with E-state index in [0.29, 0.717) is 5.75 Å². The molecule has 120 valence electrons. The zero-order valence-corrected chi connectivity index (χ0v) is 14.3. The van der Waals surface area contributed by atoms with Crippen molar-refractivity contribution in [3.05, 3.63) is 59.7 Å². The zero-order chi connectivity index (χ0) is 16.2. The molecule has 2 aromatic rings. The predicted octanol–water partition coefficient (Wildman–Crippen LogP) is 3.93. The Labute approximate surface area is 141 Å². The van der Waals surface area contributed by atoms with Crippen molar-refractivity contribution in [1.82, 2.24) is 4.90 Å². The van der Waals surface area contributed by atoms with Crippen LogP contribution in [0.5, 0.6) is 5.75 Å². The number of carbonyl (C=O) groups excluding carboxylic acids is 1. The van der Waals surface area contributed by atoms with Gasteiger partial charge in [-0.05, 0) is 48.2 Å². The summed E-state index contributed by atoms with van der Waals surface area (Å²) >= 11 is 1.57. The summed E-state index contributed by atoms with van der Waals surface area (Å²) in [6, 6.07) is 16.5. The van der Waals surface area contributed by atoms with Crippen LogP contribution in [0, 0.1) is 0 Å². The molecule has 0 saturated carbocycles. The van der Waals surface area contributed by atoms with Crippen molar-refractivity contribution in [2.45, 2.75) is 23.8 Å². The topological polar surface area (TPSA) is 29.5 Å². The van der Waals surface area contributed by atoms with Gasteiger partial charge < -0.3 is 9.64 Å². The summed E-state index contributed by atoms with van der Waals surface area (Å²) in [6.45, 7) is 0. The van der Waals surface area contributed by atoms with Crippen LogP contribution in [0.25, 0.3) is 0 Å². The first-order valence-electron chi connectivity index (χ1n) is 7.79.